The second kappa shape index (κ2) is 4.76. The number of thiophene rings is 1. The van der Waals surface area contributed by atoms with Gasteiger partial charge in [0.2, 0.25) is 0 Å². The van der Waals surface area contributed by atoms with E-state index in [2.05, 4.69) is 40.9 Å². The van der Waals surface area contributed by atoms with Gasteiger partial charge < -0.3 is 5.32 Å². The Bertz CT molecular complexity index is 420. The predicted molar refractivity (Wildman–Crippen MR) is 65.6 cm³/mol. The van der Waals surface area contributed by atoms with Crippen molar-refractivity contribution >= 4 is 11.3 Å². The van der Waals surface area contributed by atoms with E-state index in [4.69, 9.17) is 0 Å². The van der Waals surface area contributed by atoms with Gasteiger partial charge in [-0.2, -0.15) is 0 Å². The molecule has 2 aromatic rings. The largest absolute Gasteiger partial charge is 0.305 e. The average Bonchev–Trinajstić information content (AvgIpc) is 2.84. The second-order valence-electron chi connectivity index (χ2n) is 3.74. The quantitative estimate of drug-likeness (QED) is 0.881. The molecule has 2 aromatic heterocycles. The standard InChI is InChI=1S/C11H16N4S/c1-4-12-10(9-7-13-14-15(9)3)11-8(2)5-6-16-11/h5-7,10,12H,4H2,1-3H3. The van der Waals surface area contributed by atoms with Gasteiger partial charge in [0.05, 0.1) is 17.9 Å². The summed E-state index contributed by atoms with van der Waals surface area (Å²) in [5.41, 5.74) is 2.42. The second-order valence-corrected chi connectivity index (χ2v) is 4.69. The van der Waals surface area contributed by atoms with Gasteiger partial charge in [0.25, 0.3) is 0 Å². The first-order chi connectivity index (χ1) is 7.74. The highest BCUT2D eigenvalue weighted by atomic mass is 32.1. The summed E-state index contributed by atoms with van der Waals surface area (Å²) >= 11 is 1.77. The molecule has 5 heteroatoms. The van der Waals surface area contributed by atoms with Crippen molar-refractivity contribution in [1.82, 2.24) is 20.3 Å². The summed E-state index contributed by atoms with van der Waals surface area (Å²) in [6.45, 7) is 5.17. The van der Waals surface area contributed by atoms with Crippen molar-refractivity contribution in [3.8, 4) is 0 Å². The highest BCUT2D eigenvalue weighted by molar-refractivity contribution is 7.10. The Kier molecular flexibility index (Phi) is 3.36. The number of aryl methyl sites for hydroxylation is 2. The van der Waals surface area contributed by atoms with Crippen LogP contribution in [0.1, 0.15) is 29.1 Å². The third-order valence-corrected chi connectivity index (χ3v) is 3.70. The van der Waals surface area contributed by atoms with E-state index in [1.807, 2.05) is 17.9 Å². The number of nitrogens with one attached hydrogen (secondary N) is 1. The zero-order valence-corrected chi connectivity index (χ0v) is 10.6. The van der Waals surface area contributed by atoms with E-state index in [0.717, 1.165) is 12.2 Å². The third-order valence-electron chi connectivity index (χ3n) is 2.62. The van der Waals surface area contributed by atoms with E-state index in [0.29, 0.717) is 0 Å². The Balaban J connectivity index is 2.39. The molecule has 0 saturated carbocycles. The van der Waals surface area contributed by atoms with Crippen LogP contribution in [0.2, 0.25) is 0 Å². The molecule has 0 aliphatic rings. The van der Waals surface area contributed by atoms with Crippen molar-refractivity contribution < 1.29 is 0 Å². The van der Waals surface area contributed by atoms with Crippen molar-refractivity contribution in [2.75, 3.05) is 6.54 Å². The smallest absolute Gasteiger partial charge is 0.0860 e. The first-order valence-electron chi connectivity index (χ1n) is 5.36. The highest BCUT2D eigenvalue weighted by Crippen LogP contribution is 2.28. The minimum Gasteiger partial charge on any atom is -0.305 e. The lowest BCUT2D eigenvalue weighted by Gasteiger charge is -2.17. The minimum absolute atomic E-state index is 0.199. The summed E-state index contributed by atoms with van der Waals surface area (Å²) in [7, 11) is 1.93. The van der Waals surface area contributed by atoms with Gasteiger partial charge in [-0.15, -0.1) is 16.4 Å². The normalized spacial score (nSPS) is 12.9. The van der Waals surface area contributed by atoms with Crippen LogP contribution in [0.4, 0.5) is 0 Å². The molecule has 0 fully saturated rings. The zero-order chi connectivity index (χ0) is 11.5. The molecule has 0 spiro atoms. The molecule has 1 atom stereocenters. The Morgan fingerprint density at radius 2 is 2.38 bits per heavy atom. The molecular formula is C11H16N4S. The minimum atomic E-state index is 0.199. The highest BCUT2D eigenvalue weighted by Gasteiger charge is 2.19. The lowest BCUT2D eigenvalue weighted by Crippen LogP contribution is -2.24. The van der Waals surface area contributed by atoms with Crippen LogP contribution in [-0.2, 0) is 7.05 Å². The lowest BCUT2D eigenvalue weighted by atomic mass is 10.1. The Morgan fingerprint density at radius 3 is 2.88 bits per heavy atom. The summed E-state index contributed by atoms with van der Waals surface area (Å²) in [6, 6.07) is 2.35. The van der Waals surface area contributed by atoms with Gasteiger partial charge in [0, 0.05) is 11.9 Å². The van der Waals surface area contributed by atoms with Crippen LogP contribution in [0.5, 0.6) is 0 Å². The van der Waals surface area contributed by atoms with E-state index < -0.39 is 0 Å². The number of aromatic nitrogens is 3. The predicted octanol–water partition coefficient (Wildman–Crippen LogP) is 1.88. The van der Waals surface area contributed by atoms with Crippen molar-refractivity contribution in [2.24, 2.45) is 7.05 Å². The first-order valence-corrected chi connectivity index (χ1v) is 6.24. The number of rotatable bonds is 4. The summed E-state index contributed by atoms with van der Waals surface area (Å²) in [5, 5.41) is 13.5. The maximum atomic E-state index is 3.99. The Hall–Kier alpha value is -1.20. The number of hydrogen-bond donors (Lipinski definition) is 1. The van der Waals surface area contributed by atoms with Crippen LogP contribution < -0.4 is 5.32 Å². The molecule has 0 saturated heterocycles. The monoisotopic (exact) mass is 236 g/mol. The van der Waals surface area contributed by atoms with Gasteiger partial charge in [-0.25, -0.2) is 0 Å². The summed E-state index contributed by atoms with van der Waals surface area (Å²) in [5.74, 6) is 0. The molecule has 16 heavy (non-hydrogen) atoms. The maximum Gasteiger partial charge on any atom is 0.0860 e. The van der Waals surface area contributed by atoms with Gasteiger partial charge in [-0.3, -0.25) is 4.68 Å². The molecule has 2 rings (SSSR count). The van der Waals surface area contributed by atoms with Gasteiger partial charge in [-0.05, 0) is 30.5 Å². The van der Waals surface area contributed by atoms with Crippen molar-refractivity contribution in [2.45, 2.75) is 19.9 Å². The summed E-state index contributed by atoms with van der Waals surface area (Å²) in [6.07, 6.45) is 1.83. The molecule has 2 heterocycles. The van der Waals surface area contributed by atoms with E-state index >= 15 is 0 Å². The van der Waals surface area contributed by atoms with E-state index in [1.54, 1.807) is 11.3 Å². The molecule has 86 valence electrons. The van der Waals surface area contributed by atoms with Gasteiger partial charge >= 0.3 is 0 Å². The average molecular weight is 236 g/mol. The van der Waals surface area contributed by atoms with Crippen LogP contribution in [0.25, 0.3) is 0 Å². The van der Waals surface area contributed by atoms with Gasteiger partial charge in [0.15, 0.2) is 0 Å². The topological polar surface area (TPSA) is 42.7 Å². The fourth-order valence-electron chi connectivity index (χ4n) is 1.77. The molecule has 0 bridgehead atoms. The Labute approximate surface area is 99.3 Å². The fourth-order valence-corrected chi connectivity index (χ4v) is 2.79. The molecule has 0 aromatic carbocycles. The third kappa shape index (κ3) is 2.01. The maximum absolute atomic E-state index is 3.99. The fraction of sp³-hybridized carbons (Fsp3) is 0.455. The molecule has 1 N–H and O–H groups in total. The molecule has 0 amide bonds. The van der Waals surface area contributed by atoms with E-state index in [1.165, 1.54) is 10.4 Å². The van der Waals surface area contributed by atoms with Crippen LogP contribution in [0.3, 0.4) is 0 Å². The summed E-state index contributed by atoms with van der Waals surface area (Å²) < 4.78 is 1.83. The van der Waals surface area contributed by atoms with Crippen molar-refractivity contribution in [3.63, 3.8) is 0 Å². The van der Waals surface area contributed by atoms with Crippen LogP contribution in [0, 0.1) is 6.92 Å². The van der Waals surface area contributed by atoms with Crippen molar-refractivity contribution in [3.05, 3.63) is 33.8 Å². The molecule has 0 radical (unpaired) electrons. The number of hydrogen-bond acceptors (Lipinski definition) is 4. The summed E-state index contributed by atoms with van der Waals surface area (Å²) in [4.78, 5) is 1.34. The molecule has 0 aliphatic carbocycles. The SMILES string of the molecule is CCNC(c1sccc1C)c1cnnn1C. The zero-order valence-electron chi connectivity index (χ0n) is 9.77. The van der Waals surface area contributed by atoms with Gasteiger partial charge in [0.1, 0.15) is 0 Å². The van der Waals surface area contributed by atoms with Crippen molar-refractivity contribution in [1.29, 1.82) is 0 Å². The molecule has 0 aliphatic heterocycles. The van der Waals surface area contributed by atoms with Crippen LogP contribution >= 0.6 is 11.3 Å². The lowest BCUT2D eigenvalue weighted by molar-refractivity contribution is 0.573. The van der Waals surface area contributed by atoms with Gasteiger partial charge in [-0.1, -0.05) is 12.1 Å². The molecule has 4 nitrogen and oxygen atoms in total. The van der Waals surface area contributed by atoms with Crippen LogP contribution in [0.15, 0.2) is 17.6 Å². The molecule has 1 unspecified atom stereocenters. The van der Waals surface area contributed by atoms with E-state index in [-0.39, 0.29) is 6.04 Å². The van der Waals surface area contributed by atoms with Crippen LogP contribution in [-0.4, -0.2) is 21.5 Å². The Morgan fingerprint density at radius 1 is 1.56 bits per heavy atom. The first kappa shape index (κ1) is 11.3. The van der Waals surface area contributed by atoms with E-state index in [9.17, 15) is 0 Å². The number of nitrogens with zero attached hydrogens (tertiary/aromatic N) is 3. The molecular weight excluding hydrogens is 220 g/mol.